The maximum atomic E-state index is 13.0. The van der Waals surface area contributed by atoms with Crippen LogP contribution >= 0.6 is 0 Å². The Morgan fingerprint density at radius 1 is 0.868 bits per heavy atom. The van der Waals surface area contributed by atoms with Crippen LogP contribution in [0.25, 0.3) is 0 Å². The summed E-state index contributed by atoms with van der Waals surface area (Å²) in [5.41, 5.74) is 1.94. The van der Waals surface area contributed by atoms with Gasteiger partial charge in [0.2, 0.25) is 0 Å². The third-order valence-electron chi connectivity index (χ3n) is 12.4. The van der Waals surface area contributed by atoms with Gasteiger partial charge in [-0.15, -0.1) is 0 Å². The highest BCUT2D eigenvalue weighted by molar-refractivity contribution is 7.86. The molecule has 0 heterocycles. The second-order valence-electron chi connectivity index (χ2n) is 14.9. The van der Waals surface area contributed by atoms with Crippen molar-refractivity contribution in [2.45, 2.75) is 130 Å². The van der Waals surface area contributed by atoms with Crippen molar-refractivity contribution in [3.8, 4) is 0 Å². The normalized spacial score (nSPS) is 39.9. The molecule has 0 unspecified atom stereocenters. The standard InChI is InChI=1S/C34H54O3S/c1-23(2)8-7-9-25(4)30-16-17-31-29-15-12-26-22-27(37-38(35,36)28-13-10-24(3)11-14-28)18-20-33(26,5)32(29)19-21-34(30,31)6/h10-11,13-14,23,25-27,29-32H,7-9,12,15-22H2,1-6H3/t25-,26+,27-,29+,30-,31+,32+,33+,34-/m1/s1. The highest BCUT2D eigenvalue weighted by Gasteiger charge is 2.60. The zero-order chi connectivity index (χ0) is 27.3. The van der Waals surface area contributed by atoms with Crippen molar-refractivity contribution < 1.29 is 12.6 Å². The Morgan fingerprint density at radius 3 is 2.26 bits per heavy atom. The molecule has 0 amide bonds. The molecule has 0 bridgehead atoms. The summed E-state index contributed by atoms with van der Waals surface area (Å²) < 4.78 is 31.9. The molecule has 3 nitrogen and oxygen atoms in total. The lowest BCUT2D eigenvalue weighted by Crippen LogP contribution is -2.54. The first-order valence-corrected chi connectivity index (χ1v) is 17.3. The number of rotatable bonds is 8. The monoisotopic (exact) mass is 542 g/mol. The van der Waals surface area contributed by atoms with Crippen LogP contribution in [0.4, 0.5) is 0 Å². The van der Waals surface area contributed by atoms with E-state index in [1.165, 1.54) is 57.8 Å². The van der Waals surface area contributed by atoms with E-state index in [0.717, 1.165) is 60.3 Å². The lowest BCUT2D eigenvalue weighted by atomic mass is 9.44. The average Bonchev–Trinajstić information content (AvgIpc) is 3.21. The first kappa shape index (κ1) is 28.7. The molecule has 1 aromatic carbocycles. The molecule has 0 aliphatic heterocycles. The molecule has 4 aliphatic carbocycles. The maximum absolute atomic E-state index is 13.0. The second-order valence-corrected chi connectivity index (χ2v) is 16.5. The Morgan fingerprint density at radius 2 is 1.55 bits per heavy atom. The minimum Gasteiger partial charge on any atom is -0.263 e. The molecule has 0 saturated heterocycles. The Bertz CT molecular complexity index is 1060. The quantitative estimate of drug-likeness (QED) is 0.308. The lowest BCUT2D eigenvalue weighted by Gasteiger charge is -2.61. The summed E-state index contributed by atoms with van der Waals surface area (Å²) in [6.45, 7) is 14.5. The smallest absolute Gasteiger partial charge is 0.263 e. The van der Waals surface area contributed by atoms with Crippen LogP contribution in [0.5, 0.6) is 0 Å². The fourth-order valence-electron chi connectivity index (χ4n) is 10.3. The van der Waals surface area contributed by atoms with Gasteiger partial charge in [0, 0.05) is 0 Å². The van der Waals surface area contributed by atoms with Crippen LogP contribution < -0.4 is 0 Å². The number of hydrogen-bond acceptors (Lipinski definition) is 3. The number of benzene rings is 1. The predicted molar refractivity (Wildman–Crippen MR) is 156 cm³/mol. The molecule has 4 aliphatic rings. The molecule has 9 atom stereocenters. The fraction of sp³-hybridized carbons (Fsp3) is 0.824. The summed E-state index contributed by atoms with van der Waals surface area (Å²) in [5.74, 6) is 5.75. The minimum absolute atomic E-state index is 0.174. The van der Waals surface area contributed by atoms with E-state index in [9.17, 15) is 8.42 Å². The number of aryl methyl sites for hydroxylation is 1. The van der Waals surface area contributed by atoms with Gasteiger partial charge in [-0.3, -0.25) is 4.18 Å². The van der Waals surface area contributed by atoms with Crippen molar-refractivity contribution in [2.24, 2.45) is 52.3 Å². The Kier molecular flexibility index (Phi) is 8.17. The summed E-state index contributed by atoms with van der Waals surface area (Å²) in [5, 5.41) is 0. The Labute approximate surface area is 234 Å². The fourth-order valence-corrected chi connectivity index (χ4v) is 11.4. The van der Waals surface area contributed by atoms with E-state index in [1.54, 1.807) is 12.1 Å². The number of hydrogen-bond donors (Lipinski definition) is 0. The van der Waals surface area contributed by atoms with Gasteiger partial charge >= 0.3 is 0 Å². The molecule has 38 heavy (non-hydrogen) atoms. The van der Waals surface area contributed by atoms with Crippen LogP contribution in [0.3, 0.4) is 0 Å². The molecule has 4 fully saturated rings. The first-order chi connectivity index (χ1) is 17.9. The zero-order valence-electron chi connectivity index (χ0n) is 25.0. The minimum atomic E-state index is -3.70. The van der Waals surface area contributed by atoms with Crippen LogP contribution in [0, 0.1) is 59.2 Å². The van der Waals surface area contributed by atoms with Gasteiger partial charge in [-0.1, -0.05) is 71.6 Å². The topological polar surface area (TPSA) is 43.4 Å². The van der Waals surface area contributed by atoms with Crippen LogP contribution in [-0.4, -0.2) is 14.5 Å². The van der Waals surface area contributed by atoms with Crippen LogP contribution in [0.15, 0.2) is 29.2 Å². The molecular weight excluding hydrogens is 488 g/mol. The van der Waals surface area contributed by atoms with Gasteiger partial charge in [-0.25, -0.2) is 0 Å². The first-order valence-electron chi connectivity index (χ1n) is 15.9. The summed E-state index contributed by atoms with van der Waals surface area (Å²) in [7, 11) is -3.70. The summed E-state index contributed by atoms with van der Waals surface area (Å²) >= 11 is 0. The van der Waals surface area contributed by atoms with Crippen molar-refractivity contribution in [1.29, 1.82) is 0 Å². The van der Waals surface area contributed by atoms with Gasteiger partial charge < -0.3 is 0 Å². The maximum Gasteiger partial charge on any atom is 0.297 e. The highest BCUT2D eigenvalue weighted by atomic mass is 32.2. The highest BCUT2D eigenvalue weighted by Crippen LogP contribution is 2.68. The van der Waals surface area contributed by atoms with Crippen LogP contribution in [0.2, 0.25) is 0 Å². The van der Waals surface area contributed by atoms with Gasteiger partial charge in [0.25, 0.3) is 10.1 Å². The van der Waals surface area contributed by atoms with E-state index in [1.807, 2.05) is 19.1 Å². The SMILES string of the molecule is Cc1ccc(S(=O)(=O)O[C@@H]2CC[C@@]3(C)[C@@H](CC[C@@H]4[C@@H]3CC[C@]3(C)[C@@H]([C@H](C)CCCC(C)C)CC[C@@H]43)C2)cc1. The molecule has 214 valence electrons. The van der Waals surface area contributed by atoms with Gasteiger partial charge in [-0.2, -0.15) is 8.42 Å². The second kappa shape index (κ2) is 10.8. The van der Waals surface area contributed by atoms with Crippen molar-refractivity contribution in [3.63, 3.8) is 0 Å². The number of fused-ring (bicyclic) bond motifs is 5. The van der Waals surface area contributed by atoms with E-state index < -0.39 is 10.1 Å². The molecule has 0 radical (unpaired) electrons. The van der Waals surface area contributed by atoms with E-state index in [4.69, 9.17) is 4.18 Å². The Hall–Kier alpha value is -0.870. The molecule has 4 heteroatoms. The molecule has 1 aromatic rings. The van der Waals surface area contributed by atoms with Crippen LogP contribution in [-0.2, 0) is 14.3 Å². The molecule has 0 spiro atoms. The lowest BCUT2D eigenvalue weighted by molar-refractivity contribution is -0.126. The predicted octanol–water partition coefficient (Wildman–Crippen LogP) is 9.19. The third-order valence-corrected chi connectivity index (χ3v) is 13.8. The zero-order valence-corrected chi connectivity index (χ0v) is 25.9. The molecule has 5 rings (SSSR count). The van der Waals surface area contributed by atoms with Gasteiger partial charge in [-0.05, 0) is 129 Å². The third kappa shape index (κ3) is 5.27. The largest absolute Gasteiger partial charge is 0.297 e. The molecule has 0 N–H and O–H groups in total. The van der Waals surface area contributed by atoms with Crippen molar-refractivity contribution in [1.82, 2.24) is 0 Å². The van der Waals surface area contributed by atoms with Crippen molar-refractivity contribution in [3.05, 3.63) is 29.8 Å². The van der Waals surface area contributed by atoms with E-state index >= 15 is 0 Å². The molecule has 4 saturated carbocycles. The van der Waals surface area contributed by atoms with Gasteiger partial charge in [0.1, 0.15) is 0 Å². The van der Waals surface area contributed by atoms with Crippen LogP contribution in [0.1, 0.15) is 117 Å². The van der Waals surface area contributed by atoms with Gasteiger partial charge in [0.05, 0.1) is 11.0 Å². The van der Waals surface area contributed by atoms with Crippen molar-refractivity contribution in [2.75, 3.05) is 0 Å². The van der Waals surface area contributed by atoms with E-state index in [-0.39, 0.29) is 6.10 Å². The summed E-state index contributed by atoms with van der Waals surface area (Å²) in [6, 6.07) is 7.07. The summed E-state index contributed by atoms with van der Waals surface area (Å²) in [6.07, 6.45) is 15.2. The molecular formula is C34H54O3S. The van der Waals surface area contributed by atoms with E-state index in [0.29, 0.717) is 21.6 Å². The van der Waals surface area contributed by atoms with E-state index in [2.05, 4.69) is 34.6 Å². The molecule has 0 aromatic heterocycles. The Balaban J connectivity index is 1.24. The average molecular weight is 543 g/mol. The van der Waals surface area contributed by atoms with Gasteiger partial charge in [0.15, 0.2) is 0 Å². The summed E-state index contributed by atoms with van der Waals surface area (Å²) in [4.78, 5) is 0.293. The van der Waals surface area contributed by atoms with Crippen molar-refractivity contribution >= 4 is 10.1 Å².